The van der Waals surface area contributed by atoms with Crippen LogP contribution in [0, 0.1) is 0 Å². The Balaban J connectivity index is 0.00000840. The van der Waals surface area contributed by atoms with Crippen molar-refractivity contribution in [3.05, 3.63) is 47.5 Å². The number of aliphatic hydroxyl groups is 2. The van der Waals surface area contributed by atoms with Crippen LogP contribution in [-0.4, -0.2) is 172 Å². The Morgan fingerprint density at radius 2 is 0.871 bits per heavy atom. The molecule has 0 spiro atoms. The predicted octanol–water partition coefficient (Wildman–Crippen LogP) is -5.28. The SMILES string of the molecule is O=C(O)CNc1nc(NCCCOCCOCCO)nc(Nc2ccc(/C=C/c3ccc(Nc4nc(NCCCOCCOCCO)nc(NCC(=O)O)n4)cc3OS(=O)[O-])c(OS(=O)[O-])c2)n1.[Na+].[Na+]. The predicted molar refractivity (Wildman–Crippen MR) is 243 cm³/mol. The first kappa shape index (κ1) is 61.6. The van der Waals surface area contributed by atoms with E-state index in [1.807, 2.05) is 0 Å². The van der Waals surface area contributed by atoms with Crippen LogP contribution in [0.2, 0.25) is 0 Å². The maximum absolute atomic E-state index is 11.8. The first-order valence-electron chi connectivity index (χ1n) is 20.4. The van der Waals surface area contributed by atoms with Crippen LogP contribution in [0.3, 0.4) is 0 Å². The maximum Gasteiger partial charge on any atom is 1.00 e. The van der Waals surface area contributed by atoms with Gasteiger partial charge in [0.2, 0.25) is 35.7 Å². The molecule has 2 atom stereocenters. The van der Waals surface area contributed by atoms with Gasteiger partial charge >= 0.3 is 71.1 Å². The Morgan fingerprint density at radius 1 is 0.529 bits per heavy atom. The molecule has 372 valence electrons. The molecule has 0 saturated carbocycles. The van der Waals surface area contributed by atoms with E-state index < -0.39 is 47.8 Å². The minimum absolute atomic E-state index is 0. The largest absolute Gasteiger partial charge is 1.00 e. The normalized spacial score (nSPS) is 11.7. The third kappa shape index (κ3) is 25.6. The van der Waals surface area contributed by atoms with E-state index in [0.717, 1.165) is 0 Å². The molecule has 0 aliphatic rings. The number of hydrogen-bond acceptors (Lipinski definition) is 26. The van der Waals surface area contributed by atoms with E-state index in [2.05, 4.69) is 61.8 Å². The number of carboxylic acids is 2. The number of carboxylic acid groups (broad SMARTS) is 2. The summed E-state index contributed by atoms with van der Waals surface area (Å²) >= 11 is -6.08. The van der Waals surface area contributed by atoms with E-state index in [4.69, 9.17) is 47.7 Å². The van der Waals surface area contributed by atoms with Gasteiger partial charge in [-0.05, 0) is 37.1 Å². The average Bonchev–Trinajstić information content (AvgIpc) is 3.29. The minimum Gasteiger partial charge on any atom is -0.740 e. The summed E-state index contributed by atoms with van der Waals surface area (Å²) in [4.78, 5) is 47.9. The number of anilines is 8. The summed E-state index contributed by atoms with van der Waals surface area (Å²) in [6, 6.07) is 8.66. The topological polar surface area (TPSA) is 400 Å². The number of aromatic nitrogens is 6. The van der Waals surface area contributed by atoms with Gasteiger partial charge in [0.05, 0.1) is 52.9 Å². The first-order valence-corrected chi connectivity index (χ1v) is 22.4. The van der Waals surface area contributed by atoms with Crippen LogP contribution in [0.5, 0.6) is 11.5 Å². The van der Waals surface area contributed by atoms with Crippen molar-refractivity contribution in [2.45, 2.75) is 12.8 Å². The molecule has 0 fully saturated rings. The average molecular weight is 1040 g/mol. The van der Waals surface area contributed by atoms with Crippen molar-refractivity contribution in [3.8, 4) is 11.5 Å². The summed E-state index contributed by atoms with van der Waals surface area (Å²) < 4.78 is 78.4. The molecule has 0 aliphatic heterocycles. The van der Waals surface area contributed by atoms with Crippen molar-refractivity contribution in [1.82, 2.24) is 29.9 Å². The zero-order valence-electron chi connectivity index (χ0n) is 38.1. The summed E-state index contributed by atoms with van der Waals surface area (Å²) in [5.41, 5.74) is 0.910. The van der Waals surface area contributed by atoms with E-state index in [-0.39, 0.29) is 155 Å². The fraction of sp³-hybridized carbons (Fsp3) is 0.421. The third-order valence-electron chi connectivity index (χ3n) is 8.08. The van der Waals surface area contributed by atoms with Crippen LogP contribution >= 0.6 is 0 Å². The van der Waals surface area contributed by atoms with Crippen LogP contribution in [-0.2, 0) is 51.3 Å². The van der Waals surface area contributed by atoms with E-state index in [1.165, 1.54) is 48.6 Å². The molecule has 32 heteroatoms. The molecule has 2 aromatic carbocycles. The van der Waals surface area contributed by atoms with Crippen molar-refractivity contribution in [1.29, 1.82) is 0 Å². The zero-order valence-corrected chi connectivity index (χ0v) is 43.8. The van der Waals surface area contributed by atoms with E-state index in [0.29, 0.717) is 65.6 Å². The van der Waals surface area contributed by atoms with Gasteiger partial charge in [0.1, 0.15) is 47.3 Å². The second-order valence-electron chi connectivity index (χ2n) is 13.2. The standard InChI is InChI=1S/C38H52N12O16S2.2Na/c51-11-15-63-19-17-61-13-1-9-39-33-45-35(41-23-31(53)54)49-37(47-33)43-27-7-5-25(29(21-27)65-67(57)58)3-4-26-6-8-28(22-30(26)66-68(59)60)44-38-48-34(46-36(50-38)42-24-32(55)56)40-10-2-14-62-18-20-64-16-12-52;;/h3-8,21-22,51-52H,1-2,9-20,23-24H2,(H,53,54)(H,55,56)(H,57,58)(H,59,60)(H3,39,41,43,45,47,49)(H3,40,42,44,46,48,50);;/q;2*+1/p-2/b4-3+;;. The number of benzene rings is 2. The van der Waals surface area contributed by atoms with Gasteiger partial charge in [0.25, 0.3) is 0 Å². The molecule has 10 N–H and O–H groups in total. The quantitative estimate of drug-likeness (QED) is 0.00880. The van der Waals surface area contributed by atoms with Crippen LogP contribution in [0.1, 0.15) is 24.0 Å². The van der Waals surface area contributed by atoms with Gasteiger partial charge in [-0.25, -0.2) is 8.42 Å². The number of ether oxygens (including phenoxy) is 4. The van der Waals surface area contributed by atoms with E-state index >= 15 is 0 Å². The summed E-state index contributed by atoms with van der Waals surface area (Å²) in [5.74, 6) is -2.80. The molecule has 0 bridgehead atoms. The van der Waals surface area contributed by atoms with E-state index in [1.54, 1.807) is 0 Å². The summed E-state index contributed by atoms with van der Waals surface area (Å²) in [7, 11) is 0. The van der Waals surface area contributed by atoms with Gasteiger partial charge in [-0.2, -0.15) is 29.9 Å². The Morgan fingerprint density at radius 3 is 1.21 bits per heavy atom. The van der Waals surface area contributed by atoms with Crippen LogP contribution in [0.15, 0.2) is 36.4 Å². The van der Waals surface area contributed by atoms with Crippen molar-refractivity contribution in [2.75, 3.05) is 124 Å². The number of aliphatic hydroxyl groups excluding tert-OH is 2. The van der Waals surface area contributed by atoms with E-state index in [9.17, 15) is 27.1 Å². The van der Waals surface area contributed by atoms with Crippen LogP contribution < -0.4 is 99.4 Å². The zero-order chi connectivity index (χ0) is 48.9. The second-order valence-corrected chi connectivity index (χ2v) is 14.4. The Kier molecular flexibility index (Phi) is 31.3. The first-order chi connectivity index (χ1) is 32.9. The molecule has 2 unspecified atom stereocenters. The number of rotatable bonds is 36. The van der Waals surface area contributed by atoms with Crippen molar-refractivity contribution >= 4 is 93.9 Å². The van der Waals surface area contributed by atoms with Gasteiger partial charge in [0, 0.05) is 60.9 Å². The Labute approximate surface area is 450 Å². The summed E-state index contributed by atoms with van der Waals surface area (Å²) in [6.45, 7) is 2.05. The molecule has 2 heterocycles. The Hall–Kier alpha value is -4.48. The summed E-state index contributed by atoms with van der Waals surface area (Å²) in [5, 5.41) is 52.9. The molecule has 0 amide bonds. The van der Waals surface area contributed by atoms with Crippen molar-refractivity contribution < 1.29 is 134 Å². The number of nitrogens with one attached hydrogen (secondary N) is 6. The fourth-order valence-corrected chi connectivity index (χ4v) is 5.82. The number of carbonyl (C=O) groups is 2. The molecule has 0 radical (unpaired) electrons. The number of hydrogen-bond donors (Lipinski definition) is 10. The second kappa shape index (κ2) is 35.6. The van der Waals surface area contributed by atoms with Crippen molar-refractivity contribution in [2.24, 2.45) is 0 Å². The molecule has 0 saturated heterocycles. The molecule has 4 rings (SSSR count). The van der Waals surface area contributed by atoms with Crippen LogP contribution in [0.4, 0.5) is 47.1 Å². The molecular formula is C38H50N12Na2O16S2. The van der Waals surface area contributed by atoms with Gasteiger partial charge < -0.3 is 88.7 Å². The smallest absolute Gasteiger partial charge is 0.740 e. The molecule has 0 aliphatic carbocycles. The molecule has 28 nitrogen and oxygen atoms in total. The monoisotopic (exact) mass is 1040 g/mol. The van der Waals surface area contributed by atoms with Gasteiger partial charge in [-0.3, -0.25) is 9.59 Å². The van der Waals surface area contributed by atoms with Crippen LogP contribution in [0.25, 0.3) is 12.2 Å². The molecule has 70 heavy (non-hydrogen) atoms. The third-order valence-corrected chi connectivity index (χ3v) is 8.71. The molecular weight excluding hydrogens is 991 g/mol. The summed E-state index contributed by atoms with van der Waals surface area (Å²) in [6.07, 6.45) is 3.94. The van der Waals surface area contributed by atoms with Crippen molar-refractivity contribution in [3.63, 3.8) is 0 Å². The Bertz CT molecular complexity index is 2150. The molecule has 4 aromatic rings. The van der Waals surface area contributed by atoms with Gasteiger partial charge in [-0.1, -0.05) is 12.2 Å². The van der Waals surface area contributed by atoms with Gasteiger partial charge in [0.15, 0.2) is 0 Å². The maximum atomic E-state index is 11.8. The fourth-order valence-electron chi connectivity index (χ4n) is 5.24. The minimum atomic E-state index is -3.04. The van der Waals surface area contributed by atoms with Gasteiger partial charge in [-0.15, -0.1) is 0 Å². The molecule has 2 aromatic heterocycles. The number of nitrogens with zero attached hydrogens (tertiary/aromatic N) is 6. The number of aliphatic carboxylic acids is 2.